The van der Waals surface area contributed by atoms with Crippen molar-refractivity contribution >= 4 is 0 Å². The molecule has 0 saturated carbocycles. The fourth-order valence-electron chi connectivity index (χ4n) is 2.13. The molecule has 1 aromatic carbocycles. The van der Waals surface area contributed by atoms with Crippen molar-refractivity contribution in [1.29, 1.82) is 0 Å². The second-order valence-corrected chi connectivity index (χ2v) is 4.71. The highest BCUT2D eigenvalue weighted by Crippen LogP contribution is 2.21. The Morgan fingerprint density at radius 3 is 2.29 bits per heavy atom. The quantitative estimate of drug-likeness (QED) is 0.458. The third-order valence-corrected chi connectivity index (χ3v) is 3.23. The summed E-state index contributed by atoms with van der Waals surface area (Å²) in [5.74, 6) is 3.19. The first-order valence-corrected chi connectivity index (χ1v) is 6.86. The average Bonchev–Trinajstić information content (AvgIpc) is 2.37. The SMILES string of the molecule is C#CC(CCC)c1ccc(CCCCC)cc1. The Hall–Kier alpha value is -1.22. The van der Waals surface area contributed by atoms with Gasteiger partial charge in [0.15, 0.2) is 0 Å². The lowest BCUT2D eigenvalue weighted by atomic mass is 9.94. The first-order valence-electron chi connectivity index (χ1n) is 6.86. The van der Waals surface area contributed by atoms with Crippen molar-refractivity contribution in [3.05, 3.63) is 35.4 Å². The summed E-state index contributed by atoms with van der Waals surface area (Å²) in [5.41, 5.74) is 2.74. The van der Waals surface area contributed by atoms with Crippen molar-refractivity contribution in [2.75, 3.05) is 0 Å². The lowest BCUT2D eigenvalue weighted by Gasteiger charge is -2.10. The maximum Gasteiger partial charge on any atom is 0.0449 e. The third-order valence-electron chi connectivity index (χ3n) is 3.23. The molecule has 0 amide bonds. The number of hydrogen-bond donors (Lipinski definition) is 0. The molecular formula is C17H24. The van der Waals surface area contributed by atoms with Gasteiger partial charge in [0.1, 0.15) is 0 Å². The van der Waals surface area contributed by atoms with Crippen molar-refractivity contribution in [2.45, 2.75) is 58.3 Å². The van der Waals surface area contributed by atoms with Gasteiger partial charge in [0.25, 0.3) is 0 Å². The Morgan fingerprint density at radius 1 is 1.06 bits per heavy atom. The monoisotopic (exact) mass is 228 g/mol. The smallest absolute Gasteiger partial charge is 0.0449 e. The molecule has 0 heteroatoms. The largest absolute Gasteiger partial charge is 0.119 e. The van der Waals surface area contributed by atoms with Crippen LogP contribution in [0.4, 0.5) is 0 Å². The Balaban J connectivity index is 2.57. The first kappa shape index (κ1) is 13.8. The van der Waals surface area contributed by atoms with Gasteiger partial charge in [-0.25, -0.2) is 0 Å². The van der Waals surface area contributed by atoms with Gasteiger partial charge in [0.2, 0.25) is 0 Å². The van der Waals surface area contributed by atoms with Gasteiger partial charge in [-0.1, -0.05) is 63.3 Å². The lowest BCUT2D eigenvalue weighted by Crippen LogP contribution is -1.95. The van der Waals surface area contributed by atoms with Crippen molar-refractivity contribution in [3.8, 4) is 12.3 Å². The highest BCUT2D eigenvalue weighted by Gasteiger charge is 2.06. The zero-order valence-corrected chi connectivity index (χ0v) is 11.2. The van der Waals surface area contributed by atoms with E-state index in [2.05, 4.69) is 44.0 Å². The van der Waals surface area contributed by atoms with Crippen LogP contribution in [0.25, 0.3) is 0 Å². The summed E-state index contributed by atoms with van der Waals surface area (Å²) < 4.78 is 0. The van der Waals surface area contributed by atoms with E-state index in [1.54, 1.807) is 0 Å². The van der Waals surface area contributed by atoms with Gasteiger partial charge in [-0.3, -0.25) is 0 Å². The van der Waals surface area contributed by atoms with Crippen LogP contribution in [0.3, 0.4) is 0 Å². The minimum atomic E-state index is 0.296. The Bertz CT molecular complexity index is 339. The zero-order valence-electron chi connectivity index (χ0n) is 11.2. The molecule has 0 fully saturated rings. The van der Waals surface area contributed by atoms with E-state index in [-0.39, 0.29) is 0 Å². The number of aryl methyl sites for hydroxylation is 1. The number of terminal acetylenes is 1. The summed E-state index contributed by atoms with van der Waals surface area (Å²) in [6.45, 7) is 4.43. The van der Waals surface area contributed by atoms with Crippen LogP contribution in [0.15, 0.2) is 24.3 Å². The van der Waals surface area contributed by atoms with Crippen LogP contribution in [0.2, 0.25) is 0 Å². The number of hydrogen-bond acceptors (Lipinski definition) is 0. The number of rotatable bonds is 7. The molecule has 0 aliphatic heterocycles. The molecule has 0 aliphatic carbocycles. The van der Waals surface area contributed by atoms with E-state index < -0.39 is 0 Å². The maximum atomic E-state index is 5.58. The van der Waals surface area contributed by atoms with E-state index in [4.69, 9.17) is 6.42 Å². The van der Waals surface area contributed by atoms with Crippen LogP contribution in [0.5, 0.6) is 0 Å². The van der Waals surface area contributed by atoms with Gasteiger partial charge in [-0.05, 0) is 30.4 Å². The fraction of sp³-hybridized carbons (Fsp3) is 0.529. The van der Waals surface area contributed by atoms with E-state index in [0.717, 1.165) is 12.8 Å². The molecule has 0 radical (unpaired) electrons. The molecule has 0 nitrogen and oxygen atoms in total. The van der Waals surface area contributed by atoms with Crippen molar-refractivity contribution < 1.29 is 0 Å². The maximum absolute atomic E-state index is 5.58. The van der Waals surface area contributed by atoms with Crippen LogP contribution >= 0.6 is 0 Å². The normalized spacial score (nSPS) is 12.1. The molecule has 0 N–H and O–H groups in total. The third kappa shape index (κ3) is 4.65. The first-order chi connectivity index (χ1) is 8.31. The van der Waals surface area contributed by atoms with Crippen LogP contribution in [0, 0.1) is 12.3 Å². The van der Waals surface area contributed by atoms with E-state index >= 15 is 0 Å². The molecule has 0 bridgehead atoms. The molecule has 0 spiro atoms. The number of benzene rings is 1. The van der Waals surface area contributed by atoms with Crippen LogP contribution in [-0.4, -0.2) is 0 Å². The Kier molecular flexibility index (Phi) is 6.48. The number of unbranched alkanes of at least 4 members (excludes halogenated alkanes) is 2. The predicted molar refractivity (Wildman–Crippen MR) is 76.2 cm³/mol. The molecule has 0 aromatic heterocycles. The zero-order chi connectivity index (χ0) is 12.5. The van der Waals surface area contributed by atoms with Crippen molar-refractivity contribution in [3.63, 3.8) is 0 Å². The van der Waals surface area contributed by atoms with Gasteiger partial charge in [-0.15, -0.1) is 6.42 Å². The Morgan fingerprint density at radius 2 is 1.76 bits per heavy atom. The molecule has 0 saturated heterocycles. The average molecular weight is 228 g/mol. The summed E-state index contributed by atoms with van der Waals surface area (Å²) in [6, 6.07) is 8.90. The van der Waals surface area contributed by atoms with Crippen molar-refractivity contribution in [2.24, 2.45) is 0 Å². The highest BCUT2D eigenvalue weighted by molar-refractivity contribution is 5.30. The van der Waals surface area contributed by atoms with Crippen LogP contribution in [-0.2, 0) is 6.42 Å². The summed E-state index contributed by atoms with van der Waals surface area (Å²) in [4.78, 5) is 0. The second kappa shape index (κ2) is 7.96. The van der Waals surface area contributed by atoms with E-state index in [9.17, 15) is 0 Å². The van der Waals surface area contributed by atoms with Gasteiger partial charge < -0.3 is 0 Å². The summed E-state index contributed by atoms with van der Waals surface area (Å²) >= 11 is 0. The summed E-state index contributed by atoms with van der Waals surface area (Å²) in [5, 5.41) is 0. The standard InChI is InChI=1S/C17H24/c1-4-7-8-10-15-11-13-17(14-12-15)16(6-3)9-5-2/h3,11-14,16H,4-5,7-10H2,1-2H3. The second-order valence-electron chi connectivity index (χ2n) is 4.71. The minimum absolute atomic E-state index is 0.296. The highest BCUT2D eigenvalue weighted by atomic mass is 14.1. The van der Waals surface area contributed by atoms with Gasteiger partial charge >= 0.3 is 0 Å². The van der Waals surface area contributed by atoms with Crippen LogP contribution < -0.4 is 0 Å². The molecule has 92 valence electrons. The van der Waals surface area contributed by atoms with Gasteiger partial charge in [0.05, 0.1) is 0 Å². The van der Waals surface area contributed by atoms with Gasteiger partial charge in [-0.2, -0.15) is 0 Å². The lowest BCUT2D eigenvalue weighted by molar-refractivity contribution is 0.715. The van der Waals surface area contributed by atoms with E-state index in [0.29, 0.717) is 5.92 Å². The molecular weight excluding hydrogens is 204 g/mol. The molecule has 0 heterocycles. The molecule has 0 aliphatic rings. The fourth-order valence-corrected chi connectivity index (χ4v) is 2.13. The molecule has 17 heavy (non-hydrogen) atoms. The molecule has 1 aromatic rings. The molecule has 1 rings (SSSR count). The summed E-state index contributed by atoms with van der Waals surface area (Å²) in [7, 11) is 0. The van der Waals surface area contributed by atoms with E-state index in [1.165, 1.54) is 36.8 Å². The topological polar surface area (TPSA) is 0 Å². The molecule has 1 unspecified atom stereocenters. The van der Waals surface area contributed by atoms with Crippen LogP contribution in [0.1, 0.15) is 63.0 Å². The van der Waals surface area contributed by atoms with Gasteiger partial charge in [0, 0.05) is 5.92 Å². The molecule has 1 atom stereocenters. The minimum Gasteiger partial charge on any atom is -0.119 e. The van der Waals surface area contributed by atoms with Crippen molar-refractivity contribution in [1.82, 2.24) is 0 Å². The Labute approximate surface area is 106 Å². The summed E-state index contributed by atoms with van der Waals surface area (Å²) in [6.07, 6.45) is 12.9. The predicted octanol–water partition coefficient (Wildman–Crippen LogP) is 4.94. The van der Waals surface area contributed by atoms with E-state index in [1.807, 2.05) is 0 Å².